The van der Waals surface area contributed by atoms with Crippen LogP contribution in [0.5, 0.6) is 0 Å². The molecule has 3 heteroatoms. The van der Waals surface area contributed by atoms with Gasteiger partial charge in [-0.1, -0.05) is 17.7 Å². The van der Waals surface area contributed by atoms with Crippen molar-refractivity contribution in [3.8, 4) is 11.1 Å². The minimum atomic E-state index is 0.819. The maximum absolute atomic E-state index is 6.16. The number of rotatable bonds is 1. The van der Waals surface area contributed by atoms with E-state index in [1.165, 1.54) is 40.8 Å². The van der Waals surface area contributed by atoms with E-state index in [1.807, 2.05) is 13.0 Å². The third-order valence-electron chi connectivity index (χ3n) is 3.40. The van der Waals surface area contributed by atoms with Crippen molar-refractivity contribution in [3.63, 3.8) is 0 Å². The smallest absolute Gasteiger partial charge is 0.0941 e. The molecule has 1 aliphatic rings. The highest BCUT2D eigenvalue weighted by Gasteiger charge is 2.21. The molecule has 1 aromatic carbocycles. The molecule has 1 aliphatic carbocycles. The summed E-state index contributed by atoms with van der Waals surface area (Å²) < 4.78 is 0. The first-order valence-corrected chi connectivity index (χ1v) is 7.03. The Morgan fingerprint density at radius 1 is 1.29 bits per heavy atom. The molecule has 0 atom stereocenters. The van der Waals surface area contributed by atoms with Crippen molar-refractivity contribution in [2.45, 2.75) is 26.2 Å². The fourth-order valence-corrected chi connectivity index (χ4v) is 3.84. The van der Waals surface area contributed by atoms with E-state index < -0.39 is 0 Å². The van der Waals surface area contributed by atoms with E-state index in [1.54, 1.807) is 11.3 Å². The lowest BCUT2D eigenvalue weighted by Crippen LogP contribution is -1.89. The first kappa shape index (κ1) is 11.1. The zero-order valence-corrected chi connectivity index (χ0v) is 11.3. The monoisotopic (exact) mass is 263 g/mol. The Morgan fingerprint density at radius 2 is 2.12 bits per heavy atom. The standard InChI is InChI=1S/C14H14ClNS/c1-8-7-9(5-6-11(8)15)13-10-3-2-4-12(10)17-14(13)16/h5-7H,2-4,16H2,1H3. The number of thiophene rings is 1. The molecule has 88 valence electrons. The Bertz CT molecular complexity index is 586. The molecule has 0 amide bonds. The van der Waals surface area contributed by atoms with Crippen molar-refractivity contribution in [1.82, 2.24) is 0 Å². The van der Waals surface area contributed by atoms with Crippen LogP contribution in [0, 0.1) is 6.92 Å². The highest BCUT2D eigenvalue weighted by atomic mass is 35.5. The summed E-state index contributed by atoms with van der Waals surface area (Å²) in [5.74, 6) is 0. The highest BCUT2D eigenvalue weighted by molar-refractivity contribution is 7.16. The van der Waals surface area contributed by atoms with Crippen LogP contribution < -0.4 is 5.73 Å². The maximum Gasteiger partial charge on any atom is 0.0941 e. The molecule has 0 radical (unpaired) electrons. The van der Waals surface area contributed by atoms with Gasteiger partial charge in [0.25, 0.3) is 0 Å². The fourth-order valence-electron chi connectivity index (χ4n) is 2.54. The number of nitrogen functional groups attached to an aromatic ring is 1. The van der Waals surface area contributed by atoms with Crippen LogP contribution in [-0.2, 0) is 12.8 Å². The maximum atomic E-state index is 6.16. The van der Waals surface area contributed by atoms with Crippen LogP contribution >= 0.6 is 22.9 Å². The quantitative estimate of drug-likeness (QED) is 0.808. The predicted molar refractivity (Wildman–Crippen MR) is 75.9 cm³/mol. The normalized spacial score (nSPS) is 14.0. The van der Waals surface area contributed by atoms with Gasteiger partial charge >= 0.3 is 0 Å². The molecule has 0 spiro atoms. The van der Waals surface area contributed by atoms with Gasteiger partial charge in [-0.25, -0.2) is 0 Å². The van der Waals surface area contributed by atoms with Gasteiger partial charge in [0.15, 0.2) is 0 Å². The molecule has 0 saturated heterocycles. The van der Waals surface area contributed by atoms with E-state index in [0.29, 0.717) is 0 Å². The van der Waals surface area contributed by atoms with E-state index in [4.69, 9.17) is 17.3 Å². The van der Waals surface area contributed by atoms with Crippen molar-refractivity contribution in [1.29, 1.82) is 0 Å². The van der Waals surface area contributed by atoms with Crippen LogP contribution in [0.15, 0.2) is 18.2 Å². The first-order valence-electron chi connectivity index (χ1n) is 5.83. The summed E-state index contributed by atoms with van der Waals surface area (Å²) in [7, 11) is 0. The number of anilines is 1. The number of hydrogen-bond acceptors (Lipinski definition) is 2. The van der Waals surface area contributed by atoms with Gasteiger partial charge in [-0.15, -0.1) is 11.3 Å². The largest absolute Gasteiger partial charge is 0.390 e. The van der Waals surface area contributed by atoms with E-state index in [2.05, 4.69) is 12.1 Å². The summed E-state index contributed by atoms with van der Waals surface area (Å²) in [5, 5.41) is 1.77. The second-order valence-electron chi connectivity index (χ2n) is 4.56. The zero-order chi connectivity index (χ0) is 12.0. The Kier molecular flexibility index (Phi) is 2.64. The number of aryl methyl sites for hydroxylation is 2. The molecule has 0 aliphatic heterocycles. The van der Waals surface area contributed by atoms with E-state index in [0.717, 1.165) is 15.6 Å². The molecule has 1 aromatic heterocycles. The van der Waals surface area contributed by atoms with Crippen molar-refractivity contribution in [2.24, 2.45) is 0 Å². The van der Waals surface area contributed by atoms with Crippen molar-refractivity contribution in [3.05, 3.63) is 39.2 Å². The molecule has 1 nitrogen and oxygen atoms in total. The Balaban J connectivity index is 2.18. The minimum absolute atomic E-state index is 0.819. The molecule has 17 heavy (non-hydrogen) atoms. The summed E-state index contributed by atoms with van der Waals surface area (Å²) in [5.41, 5.74) is 11.2. The van der Waals surface area contributed by atoms with Crippen LogP contribution in [0.25, 0.3) is 11.1 Å². The van der Waals surface area contributed by atoms with Crippen LogP contribution in [0.3, 0.4) is 0 Å². The molecule has 3 rings (SSSR count). The van der Waals surface area contributed by atoms with Crippen molar-refractivity contribution in [2.75, 3.05) is 5.73 Å². The van der Waals surface area contributed by atoms with Gasteiger partial charge < -0.3 is 5.73 Å². The molecule has 0 fully saturated rings. The third-order valence-corrected chi connectivity index (χ3v) is 4.94. The lowest BCUT2D eigenvalue weighted by atomic mass is 10.0. The summed E-state index contributed by atoms with van der Waals surface area (Å²) >= 11 is 7.82. The first-order chi connectivity index (χ1) is 8.16. The Labute approximate surface area is 110 Å². The molecule has 0 bridgehead atoms. The summed E-state index contributed by atoms with van der Waals surface area (Å²) in [6, 6.07) is 6.18. The summed E-state index contributed by atoms with van der Waals surface area (Å²) in [6.45, 7) is 2.04. The second-order valence-corrected chi connectivity index (χ2v) is 6.10. The fraction of sp³-hybridized carbons (Fsp3) is 0.286. The van der Waals surface area contributed by atoms with E-state index >= 15 is 0 Å². The van der Waals surface area contributed by atoms with Crippen LogP contribution in [0.4, 0.5) is 5.00 Å². The van der Waals surface area contributed by atoms with E-state index in [9.17, 15) is 0 Å². The predicted octanol–water partition coefficient (Wildman–Crippen LogP) is 4.45. The minimum Gasteiger partial charge on any atom is -0.390 e. The van der Waals surface area contributed by atoms with Gasteiger partial charge in [-0.2, -0.15) is 0 Å². The van der Waals surface area contributed by atoms with Gasteiger partial charge in [0, 0.05) is 15.5 Å². The SMILES string of the molecule is Cc1cc(-c2c(N)sc3c2CCC3)ccc1Cl. The molecular formula is C14H14ClNS. The number of nitrogens with two attached hydrogens (primary N) is 1. The molecule has 2 N–H and O–H groups in total. The zero-order valence-electron chi connectivity index (χ0n) is 9.72. The topological polar surface area (TPSA) is 26.0 Å². The average Bonchev–Trinajstić information content (AvgIpc) is 2.82. The van der Waals surface area contributed by atoms with E-state index in [-0.39, 0.29) is 0 Å². The summed E-state index contributed by atoms with van der Waals surface area (Å²) in [4.78, 5) is 1.48. The third kappa shape index (κ3) is 1.76. The van der Waals surface area contributed by atoms with Gasteiger partial charge in [-0.3, -0.25) is 0 Å². The molecule has 1 heterocycles. The number of halogens is 1. The molecule has 2 aromatic rings. The Hall–Kier alpha value is -0.990. The van der Waals surface area contributed by atoms with Crippen LogP contribution in [0.2, 0.25) is 5.02 Å². The molecular weight excluding hydrogens is 250 g/mol. The van der Waals surface area contributed by atoms with Gasteiger partial charge in [0.2, 0.25) is 0 Å². The molecule has 0 unspecified atom stereocenters. The van der Waals surface area contributed by atoms with Gasteiger partial charge in [-0.05, 0) is 55.0 Å². The summed E-state index contributed by atoms with van der Waals surface area (Å²) in [6.07, 6.45) is 3.62. The lowest BCUT2D eigenvalue weighted by Gasteiger charge is -2.06. The van der Waals surface area contributed by atoms with Crippen molar-refractivity contribution >= 4 is 27.9 Å². The van der Waals surface area contributed by atoms with Crippen LogP contribution in [0.1, 0.15) is 22.4 Å². The number of benzene rings is 1. The molecule has 0 saturated carbocycles. The van der Waals surface area contributed by atoms with Gasteiger partial charge in [0.05, 0.1) is 5.00 Å². The number of fused-ring (bicyclic) bond motifs is 1. The highest BCUT2D eigenvalue weighted by Crippen LogP contribution is 2.43. The average molecular weight is 264 g/mol. The second kappa shape index (κ2) is 4.04. The van der Waals surface area contributed by atoms with Gasteiger partial charge in [0.1, 0.15) is 0 Å². The van der Waals surface area contributed by atoms with Crippen molar-refractivity contribution < 1.29 is 0 Å². The Morgan fingerprint density at radius 3 is 2.88 bits per heavy atom. The lowest BCUT2D eigenvalue weighted by molar-refractivity contribution is 0.915. The number of hydrogen-bond donors (Lipinski definition) is 1. The van der Waals surface area contributed by atoms with Crippen LogP contribution in [-0.4, -0.2) is 0 Å².